The summed E-state index contributed by atoms with van der Waals surface area (Å²) >= 11 is 0. The lowest BCUT2D eigenvalue weighted by molar-refractivity contribution is -0.126. The molecule has 15 heavy (non-hydrogen) atoms. The molecule has 0 unspecified atom stereocenters. The predicted octanol–water partition coefficient (Wildman–Crippen LogP) is 1.99. The zero-order valence-electron chi connectivity index (χ0n) is 9.12. The molecule has 0 amide bonds. The largest absolute Gasteiger partial charge is 0.319 e. The Morgan fingerprint density at radius 3 is 2.60 bits per heavy atom. The van der Waals surface area contributed by atoms with Crippen molar-refractivity contribution in [2.75, 3.05) is 0 Å². The molecule has 1 saturated carbocycles. The topological polar surface area (TPSA) is 43.1 Å². The van der Waals surface area contributed by atoms with Crippen LogP contribution >= 0.6 is 0 Å². The Labute approximate surface area is 90.5 Å². The first-order valence-electron chi connectivity index (χ1n) is 5.48. The van der Waals surface area contributed by atoms with Gasteiger partial charge in [-0.25, -0.2) is 0 Å². The van der Waals surface area contributed by atoms with E-state index < -0.39 is 5.54 Å². The number of aryl methyl sites for hydroxylation is 1. The third-order valence-electron chi connectivity index (χ3n) is 3.41. The van der Waals surface area contributed by atoms with E-state index >= 15 is 0 Å². The van der Waals surface area contributed by atoms with Crippen molar-refractivity contribution < 1.29 is 4.79 Å². The summed E-state index contributed by atoms with van der Waals surface area (Å²) in [5, 5.41) is 0. The number of benzene rings is 1. The molecule has 0 spiro atoms. The number of hydrogen-bond acceptors (Lipinski definition) is 2. The van der Waals surface area contributed by atoms with Gasteiger partial charge in [-0.15, -0.1) is 0 Å². The third kappa shape index (κ3) is 1.95. The highest BCUT2D eigenvalue weighted by Crippen LogP contribution is 2.31. The van der Waals surface area contributed by atoms with Crippen molar-refractivity contribution in [1.29, 1.82) is 0 Å². The van der Waals surface area contributed by atoms with Gasteiger partial charge in [0.25, 0.3) is 0 Å². The molecule has 2 heteroatoms. The molecule has 2 rings (SSSR count). The van der Waals surface area contributed by atoms with E-state index in [0.29, 0.717) is 6.42 Å². The van der Waals surface area contributed by atoms with Crippen LogP contribution in [-0.2, 0) is 11.2 Å². The molecule has 0 aromatic heterocycles. The van der Waals surface area contributed by atoms with E-state index in [1.54, 1.807) is 0 Å². The van der Waals surface area contributed by atoms with E-state index in [9.17, 15) is 4.79 Å². The maximum atomic E-state index is 11.9. The van der Waals surface area contributed by atoms with Crippen LogP contribution in [0.5, 0.6) is 0 Å². The zero-order valence-corrected chi connectivity index (χ0v) is 9.12. The van der Waals surface area contributed by atoms with Crippen LogP contribution in [0.4, 0.5) is 0 Å². The quantitative estimate of drug-likeness (QED) is 0.816. The summed E-state index contributed by atoms with van der Waals surface area (Å²) in [6, 6.07) is 8.01. The molecule has 1 fully saturated rings. The van der Waals surface area contributed by atoms with Crippen LogP contribution in [0.3, 0.4) is 0 Å². The second kappa shape index (κ2) is 3.78. The summed E-state index contributed by atoms with van der Waals surface area (Å²) in [7, 11) is 0. The minimum Gasteiger partial charge on any atom is -0.319 e. The van der Waals surface area contributed by atoms with Gasteiger partial charge in [0.1, 0.15) is 0 Å². The Kier molecular flexibility index (Phi) is 2.61. The first-order valence-corrected chi connectivity index (χ1v) is 5.48. The number of nitrogens with two attached hydrogens (primary N) is 1. The SMILES string of the molecule is Cc1ccccc1CC(=O)C1(N)CCC1. The van der Waals surface area contributed by atoms with Crippen LogP contribution in [0.1, 0.15) is 30.4 Å². The predicted molar refractivity (Wildman–Crippen MR) is 60.7 cm³/mol. The Hall–Kier alpha value is -1.15. The molecule has 0 saturated heterocycles. The maximum absolute atomic E-state index is 11.9. The van der Waals surface area contributed by atoms with Crippen LogP contribution in [0, 0.1) is 6.92 Å². The van der Waals surface area contributed by atoms with Crippen LogP contribution in [-0.4, -0.2) is 11.3 Å². The van der Waals surface area contributed by atoms with Crippen LogP contribution in [0.25, 0.3) is 0 Å². The van der Waals surface area contributed by atoms with Gasteiger partial charge >= 0.3 is 0 Å². The summed E-state index contributed by atoms with van der Waals surface area (Å²) in [6.07, 6.45) is 3.30. The molecule has 80 valence electrons. The van der Waals surface area contributed by atoms with Gasteiger partial charge in [0, 0.05) is 6.42 Å². The highest BCUT2D eigenvalue weighted by molar-refractivity contribution is 5.91. The molecule has 1 aromatic rings. The van der Waals surface area contributed by atoms with E-state index in [0.717, 1.165) is 24.8 Å². The van der Waals surface area contributed by atoms with Gasteiger partial charge in [0.05, 0.1) is 5.54 Å². The molecule has 0 bridgehead atoms. The number of ketones is 1. The molecular formula is C13H17NO. The minimum atomic E-state index is -0.512. The third-order valence-corrected chi connectivity index (χ3v) is 3.41. The summed E-state index contributed by atoms with van der Waals surface area (Å²) < 4.78 is 0. The van der Waals surface area contributed by atoms with E-state index in [-0.39, 0.29) is 5.78 Å². The normalized spacial score (nSPS) is 18.3. The Bertz CT molecular complexity index is 380. The Morgan fingerprint density at radius 2 is 2.07 bits per heavy atom. The molecule has 0 heterocycles. The van der Waals surface area contributed by atoms with Crippen molar-refractivity contribution in [1.82, 2.24) is 0 Å². The highest BCUT2D eigenvalue weighted by Gasteiger charge is 2.39. The number of carbonyl (C=O) groups is 1. The standard InChI is InChI=1S/C13H17NO/c1-10-5-2-3-6-11(10)9-12(15)13(14)7-4-8-13/h2-3,5-6H,4,7-9,14H2,1H3. The van der Waals surface area contributed by atoms with Crippen molar-refractivity contribution >= 4 is 5.78 Å². The second-order valence-electron chi connectivity index (χ2n) is 4.54. The lowest BCUT2D eigenvalue weighted by Gasteiger charge is -2.36. The number of hydrogen-bond donors (Lipinski definition) is 1. The summed E-state index contributed by atoms with van der Waals surface area (Å²) in [5.74, 6) is 0.197. The number of rotatable bonds is 3. The summed E-state index contributed by atoms with van der Waals surface area (Å²) in [6.45, 7) is 2.03. The molecular weight excluding hydrogens is 186 g/mol. The Balaban J connectivity index is 2.09. The second-order valence-corrected chi connectivity index (χ2v) is 4.54. The van der Waals surface area contributed by atoms with Gasteiger partial charge in [-0.05, 0) is 37.3 Å². The smallest absolute Gasteiger partial charge is 0.157 e. The average Bonchev–Trinajstić information content (AvgIpc) is 2.18. The monoisotopic (exact) mass is 203 g/mol. The van der Waals surface area contributed by atoms with Crippen molar-refractivity contribution in [3.8, 4) is 0 Å². The molecule has 1 aliphatic carbocycles. The van der Waals surface area contributed by atoms with E-state index in [1.165, 1.54) is 5.56 Å². The molecule has 1 aromatic carbocycles. The first kappa shape index (κ1) is 10.4. The van der Waals surface area contributed by atoms with Gasteiger partial charge in [-0.3, -0.25) is 4.79 Å². The summed E-state index contributed by atoms with van der Waals surface area (Å²) in [4.78, 5) is 11.9. The molecule has 0 aliphatic heterocycles. The lowest BCUT2D eigenvalue weighted by Crippen LogP contribution is -2.54. The van der Waals surface area contributed by atoms with E-state index in [1.807, 2.05) is 31.2 Å². The fourth-order valence-electron chi connectivity index (χ4n) is 1.99. The molecule has 0 radical (unpaired) electrons. The average molecular weight is 203 g/mol. The summed E-state index contributed by atoms with van der Waals surface area (Å²) in [5.41, 5.74) is 7.77. The molecule has 0 atom stereocenters. The van der Waals surface area contributed by atoms with E-state index in [4.69, 9.17) is 5.73 Å². The van der Waals surface area contributed by atoms with Crippen LogP contribution in [0.15, 0.2) is 24.3 Å². The Morgan fingerprint density at radius 1 is 1.40 bits per heavy atom. The van der Waals surface area contributed by atoms with Gasteiger partial charge in [-0.1, -0.05) is 24.3 Å². The van der Waals surface area contributed by atoms with Gasteiger partial charge in [-0.2, -0.15) is 0 Å². The molecule has 2 nitrogen and oxygen atoms in total. The zero-order chi connectivity index (χ0) is 10.9. The van der Waals surface area contributed by atoms with Crippen LogP contribution in [0.2, 0.25) is 0 Å². The van der Waals surface area contributed by atoms with Crippen molar-refractivity contribution in [3.05, 3.63) is 35.4 Å². The fraction of sp³-hybridized carbons (Fsp3) is 0.462. The number of Topliss-reactive ketones (excluding diaryl/α,β-unsaturated/α-hetero) is 1. The van der Waals surface area contributed by atoms with Gasteiger partial charge in [0.2, 0.25) is 0 Å². The fourth-order valence-corrected chi connectivity index (χ4v) is 1.99. The number of carbonyl (C=O) groups excluding carboxylic acids is 1. The first-order chi connectivity index (χ1) is 7.12. The lowest BCUT2D eigenvalue weighted by atomic mass is 9.73. The van der Waals surface area contributed by atoms with Gasteiger partial charge in [0.15, 0.2) is 5.78 Å². The van der Waals surface area contributed by atoms with Gasteiger partial charge < -0.3 is 5.73 Å². The van der Waals surface area contributed by atoms with E-state index in [2.05, 4.69) is 0 Å². The van der Waals surface area contributed by atoms with Crippen molar-refractivity contribution in [2.45, 2.75) is 38.1 Å². The van der Waals surface area contributed by atoms with Crippen molar-refractivity contribution in [2.24, 2.45) is 5.73 Å². The van der Waals surface area contributed by atoms with Crippen LogP contribution < -0.4 is 5.73 Å². The molecule has 2 N–H and O–H groups in total. The van der Waals surface area contributed by atoms with Crippen molar-refractivity contribution in [3.63, 3.8) is 0 Å². The minimum absolute atomic E-state index is 0.197. The maximum Gasteiger partial charge on any atom is 0.157 e. The molecule has 1 aliphatic rings. The highest BCUT2D eigenvalue weighted by atomic mass is 16.1.